The third-order valence-electron chi connectivity index (χ3n) is 3.69. The number of hydrogen-bond donors (Lipinski definition) is 0. The summed E-state index contributed by atoms with van der Waals surface area (Å²) in [6.45, 7) is 12.8. The average Bonchev–Trinajstić information content (AvgIpc) is 2.90. The molecule has 0 spiro atoms. The van der Waals surface area contributed by atoms with Gasteiger partial charge in [-0.3, -0.25) is 4.40 Å². The molecule has 2 aromatic rings. The molecule has 104 valence electrons. The molecule has 0 aliphatic heterocycles. The van der Waals surface area contributed by atoms with Crippen LogP contribution in [0.2, 0.25) is 0 Å². The number of pyridine rings is 1. The molecule has 0 amide bonds. The molecule has 0 aliphatic carbocycles. The van der Waals surface area contributed by atoms with E-state index < -0.39 is 0 Å². The van der Waals surface area contributed by atoms with E-state index in [0.717, 1.165) is 31.8 Å². The molecule has 0 unspecified atom stereocenters. The van der Waals surface area contributed by atoms with Gasteiger partial charge in [0.1, 0.15) is 11.5 Å². The van der Waals surface area contributed by atoms with Crippen LogP contribution < -0.4 is 9.80 Å². The van der Waals surface area contributed by atoms with Gasteiger partial charge in [-0.1, -0.05) is 0 Å². The molecule has 0 aliphatic rings. The topological polar surface area (TPSA) is 23.8 Å². The van der Waals surface area contributed by atoms with Gasteiger partial charge in [-0.15, -0.1) is 0 Å². The highest BCUT2D eigenvalue weighted by Gasteiger charge is 2.12. The van der Waals surface area contributed by atoms with Gasteiger partial charge in [0.05, 0.1) is 0 Å². The summed E-state index contributed by atoms with van der Waals surface area (Å²) in [7, 11) is 0. The lowest BCUT2D eigenvalue weighted by molar-refractivity contribution is 0.826. The van der Waals surface area contributed by atoms with Crippen molar-refractivity contribution in [2.24, 2.45) is 0 Å². The molecule has 0 saturated carbocycles. The Balaban J connectivity index is 2.56. The number of nitrogens with zero attached hydrogens (tertiary/aromatic N) is 4. The summed E-state index contributed by atoms with van der Waals surface area (Å²) in [6.07, 6.45) is 3.91. The summed E-state index contributed by atoms with van der Waals surface area (Å²) >= 11 is 0. The molecule has 19 heavy (non-hydrogen) atoms. The minimum atomic E-state index is 1.01. The summed E-state index contributed by atoms with van der Waals surface area (Å²) in [6, 6.07) is 4.44. The fourth-order valence-electron chi connectivity index (χ4n) is 2.55. The van der Waals surface area contributed by atoms with Gasteiger partial charge in [0.15, 0.2) is 0 Å². The second-order valence-electron chi connectivity index (χ2n) is 4.57. The molecule has 0 atom stereocenters. The van der Waals surface area contributed by atoms with E-state index in [-0.39, 0.29) is 0 Å². The monoisotopic (exact) mass is 260 g/mol. The maximum Gasteiger partial charge on any atom is 0.140 e. The van der Waals surface area contributed by atoms with Gasteiger partial charge in [-0.05, 0) is 27.7 Å². The Morgan fingerprint density at radius 3 is 2.16 bits per heavy atom. The number of aromatic nitrogens is 2. The number of anilines is 2. The van der Waals surface area contributed by atoms with Gasteiger partial charge in [0.2, 0.25) is 0 Å². The quantitative estimate of drug-likeness (QED) is 0.797. The predicted octanol–water partition coefficient (Wildman–Crippen LogP) is 3.03. The average molecular weight is 260 g/mol. The van der Waals surface area contributed by atoms with Gasteiger partial charge in [-0.25, -0.2) is 4.98 Å². The summed E-state index contributed by atoms with van der Waals surface area (Å²) in [5.41, 5.74) is 2.27. The molecule has 2 aromatic heterocycles. The lowest BCUT2D eigenvalue weighted by Gasteiger charge is -2.26. The van der Waals surface area contributed by atoms with E-state index >= 15 is 0 Å². The predicted molar refractivity (Wildman–Crippen MR) is 82.3 cm³/mol. The van der Waals surface area contributed by atoms with Crippen LogP contribution in [-0.4, -0.2) is 35.6 Å². The molecular formula is C15H24N4. The molecule has 0 bridgehead atoms. The van der Waals surface area contributed by atoms with Gasteiger partial charge in [0.25, 0.3) is 0 Å². The van der Waals surface area contributed by atoms with Crippen molar-refractivity contribution in [1.82, 2.24) is 9.38 Å². The number of hydrogen-bond acceptors (Lipinski definition) is 3. The fourth-order valence-corrected chi connectivity index (χ4v) is 2.55. The van der Waals surface area contributed by atoms with Crippen molar-refractivity contribution < 1.29 is 0 Å². The lowest BCUT2D eigenvalue weighted by Crippen LogP contribution is -2.26. The van der Waals surface area contributed by atoms with Crippen LogP contribution in [-0.2, 0) is 0 Å². The normalized spacial score (nSPS) is 10.9. The Kier molecular flexibility index (Phi) is 4.30. The first kappa shape index (κ1) is 13.7. The summed E-state index contributed by atoms with van der Waals surface area (Å²) in [5.74, 6) is 1.22. The van der Waals surface area contributed by atoms with E-state index in [2.05, 4.69) is 59.0 Å². The molecule has 4 heteroatoms. The summed E-state index contributed by atoms with van der Waals surface area (Å²) < 4.78 is 2.17. The van der Waals surface area contributed by atoms with Crippen LogP contribution in [0.5, 0.6) is 0 Å². The fraction of sp³-hybridized carbons (Fsp3) is 0.533. The van der Waals surface area contributed by atoms with Gasteiger partial charge in [-0.2, -0.15) is 0 Å². The first-order chi connectivity index (χ1) is 9.24. The first-order valence-electron chi connectivity index (χ1n) is 7.22. The SMILES string of the molecule is CCN(CC)c1cc(N(CC)CC)n2ccnc2c1. The van der Waals surface area contributed by atoms with Crippen LogP contribution in [0.3, 0.4) is 0 Å². The Bertz CT molecular complexity index is 524. The molecule has 0 fully saturated rings. The zero-order chi connectivity index (χ0) is 13.8. The zero-order valence-corrected chi connectivity index (χ0v) is 12.4. The van der Waals surface area contributed by atoms with Crippen LogP contribution in [0, 0.1) is 0 Å². The first-order valence-corrected chi connectivity index (χ1v) is 7.22. The van der Waals surface area contributed by atoms with E-state index in [0.29, 0.717) is 0 Å². The summed E-state index contributed by atoms with van der Waals surface area (Å²) in [5, 5.41) is 0. The molecule has 0 aromatic carbocycles. The minimum Gasteiger partial charge on any atom is -0.372 e. The van der Waals surface area contributed by atoms with Crippen LogP contribution >= 0.6 is 0 Å². The number of fused-ring (bicyclic) bond motifs is 1. The zero-order valence-electron chi connectivity index (χ0n) is 12.4. The molecule has 0 radical (unpaired) electrons. The van der Waals surface area contributed by atoms with Crippen molar-refractivity contribution in [2.75, 3.05) is 36.0 Å². The van der Waals surface area contributed by atoms with Crippen molar-refractivity contribution in [3.8, 4) is 0 Å². The third-order valence-corrected chi connectivity index (χ3v) is 3.69. The Labute approximate surface area is 115 Å². The van der Waals surface area contributed by atoms with Crippen molar-refractivity contribution >= 4 is 17.2 Å². The Hall–Kier alpha value is -1.71. The van der Waals surface area contributed by atoms with Crippen LogP contribution in [0.4, 0.5) is 11.5 Å². The number of imidazole rings is 1. The van der Waals surface area contributed by atoms with Crippen LogP contribution in [0.1, 0.15) is 27.7 Å². The Morgan fingerprint density at radius 1 is 0.947 bits per heavy atom. The summed E-state index contributed by atoms with van der Waals surface area (Å²) in [4.78, 5) is 9.18. The van der Waals surface area contributed by atoms with Gasteiger partial charge in [0, 0.05) is 56.4 Å². The van der Waals surface area contributed by atoms with E-state index in [1.165, 1.54) is 11.5 Å². The van der Waals surface area contributed by atoms with Crippen molar-refractivity contribution in [2.45, 2.75) is 27.7 Å². The molecule has 2 heterocycles. The maximum absolute atomic E-state index is 4.45. The minimum absolute atomic E-state index is 1.01. The van der Waals surface area contributed by atoms with E-state index in [1.54, 1.807) is 0 Å². The number of rotatable bonds is 6. The second kappa shape index (κ2) is 5.95. The smallest absolute Gasteiger partial charge is 0.140 e. The van der Waals surface area contributed by atoms with Gasteiger partial charge >= 0.3 is 0 Å². The van der Waals surface area contributed by atoms with Crippen molar-refractivity contribution in [1.29, 1.82) is 0 Å². The highest BCUT2D eigenvalue weighted by Crippen LogP contribution is 2.25. The maximum atomic E-state index is 4.45. The highest BCUT2D eigenvalue weighted by atomic mass is 15.2. The lowest BCUT2D eigenvalue weighted by atomic mass is 10.3. The largest absolute Gasteiger partial charge is 0.372 e. The van der Waals surface area contributed by atoms with Crippen molar-refractivity contribution in [3.05, 3.63) is 24.5 Å². The molecule has 2 rings (SSSR count). The van der Waals surface area contributed by atoms with E-state index in [4.69, 9.17) is 0 Å². The molecule has 0 saturated heterocycles. The van der Waals surface area contributed by atoms with Gasteiger partial charge < -0.3 is 9.80 Å². The van der Waals surface area contributed by atoms with Crippen LogP contribution in [0.15, 0.2) is 24.5 Å². The highest BCUT2D eigenvalue weighted by molar-refractivity contribution is 5.65. The standard InChI is InChI=1S/C15H24N4/c1-5-17(6-2)13-11-14-16-9-10-19(14)15(12-13)18(7-3)8-4/h9-12H,5-8H2,1-4H3. The van der Waals surface area contributed by atoms with Crippen LogP contribution in [0.25, 0.3) is 5.65 Å². The van der Waals surface area contributed by atoms with Crippen molar-refractivity contribution in [3.63, 3.8) is 0 Å². The van der Waals surface area contributed by atoms with E-state index in [9.17, 15) is 0 Å². The van der Waals surface area contributed by atoms with E-state index in [1.807, 2.05) is 12.4 Å². The molecular weight excluding hydrogens is 236 g/mol. The molecule has 4 nitrogen and oxygen atoms in total. The molecule has 0 N–H and O–H groups in total. The second-order valence-corrected chi connectivity index (χ2v) is 4.57. The Morgan fingerprint density at radius 2 is 1.58 bits per heavy atom. The third kappa shape index (κ3) is 2.53.